The third-order valence-electron chi connectivity index (χ3n) is 2.77. The summed E-state index contributed by atoms with van der Waals surface area (Å²) in [6, 6.07) is 0. The van der Waals surface area contributed by atoms with Gasteiger partial charge in [0.2, 0.25) is 0 Å². The number of esters is 1. The van der Waals surface area contributed by atoms with E-state index in [2.05, 4.69) is 11.3 Å². The second-order valence-electron chi connectivity index (χ2n) is 3.41. The van der Waals surface area contributed by atoms with Crippen LogP contribution in [0.25, 0.3) is 0 Å². The van der Waals surface area contributed by atoms with Gasteiger partial charge in [-0.3, -0.25) is 9.59 Å². The quantitative estimate of drug-likeness (QED) is 0.369. The Morgan fingerprint density at radius 2 is 2.15 bits per heavy atom. The maximum absolute atomic E-state index is 11.5. The first-order valence-corrected chi connectivity index (χ1v) is 4.33. The Morgan fingerprint density at radius 1 is 1.54 bits per heavy atom. The lowest BCUT2D eigenvalue weighted by Gasteiger charge is -2.23. The maximum Gasteiger partial charge on any atom is 0.323 e. The molecule has 1 fully saturated rings. The molecule has 0 amide bonds. The molecule has 1 aliphatic carbocycles. The highest BCUT2D eigenvalue weighted by molar-refractivity contribution is 6.06. The largest absolute Gasteiger partial charge is 0.468 e. The molecule has 0 bridgehead atoms. The number of Topliss-reactive ketones (excluding diaryl/α,β-unsaturated/α-hetero) is 1. The molecule has 0 radical (unpaired) electrons. The molecule has 1 saturated carbocycles. The highest BCUT2D eigenvalue weighted by Crippen LogP contribution is 2.43. The number of hydrogen-bond donors (Lipinski definition) is 0. The summed E-state index contributed by atoms with van der Waals surface area (Å²) in [7, 11) is 1.30. The molecule has 0 spiro atoms. The maximum atomic E-state index is 11.5. The van der Waals surface area contributed by atoms with E-state index in [0.29, 0.717) is 12.0 Å². The van der Waals surface area contributed by atoms with Crippen molar-refractivity contribution in [2.24, 2.45) is 5.41 Å². The van der Waals surface area contributed by atoms with Crippen molar-refractivity contribution < 1.29 is 14.3 Å². The molecule has 72 valence electrons. The minimum Gasteiger partial charge on any atom is -0.468 e. The molecule has 0 aromatic heterocycles. The molecule has 0 saturated heterocycles. The molecule has 0 aromatic carbocycles. The zero-order valence-corrected chi connectivity index (χ0v) is 8.05. The zero-order valence-electron chi connectivity index (χ0n) is 8.05. The van der Waals surface area contributed by atoms with Crippen LogP contribution in [0.1, 0.15) is 26.2 Å². The van der Waals surface area contributed by atoms with Crippen molar-refractivity contribution in [2.75, 3.05) is 7.11 Å². The molecule has 0 aliphatic heterocycles. The van der Waals surface area contributed by atoms with Gasteiger partial charge in [-0.05, 0) is 26.2 Å². The van der Waals surface area contributed by atoms with E-state index in [4.69, 9.17) is 0 Å². The Balaban J connectivity index is 3.08. The number of rotatable bonds is 2. The highest BCUT2D eigenvalue weighted by Gasteiger charge is 2.49. The molecule has 1 rings (SSSR count). The van der Waals surface area contributed by atoms with Crippen molar-refractivity contribution in [1.82, 2.24) is 0 Å². The molecule has 13 heavy (non-hydrogen) atoms. The fourth-order valence-corrected chi connectivity index (χ4v) is 1.95. The molecule has 3 nitrogen and oxygen atoms in total. The molecular formula is C10H14O3. The van der Waals surface area contributed by atoms with Crippen LogP contribution in [0.3, 0.4) is 0 Å². The van der Waals surface area contributed by atoms with E-state index in [1.165, 1.54) is 14.0 Å². The standard InChI is InChI=1S/C10H14O3/c1-7-5-4-6-10(7,8(2)11)9(12)13-3/h1,4-6H2,2-3H3/t10-/m1/s1. The normalized spacial score (nSPS) is 27.4. The van der Waals surface area contributed by atoms with E-state index in [9.17, 15) is 9.59 Å². The lowest BCUT2D eigenvalue weighted by atomic mass is 9.79. The summed E-state index contributed by atoms with van der Waals surface area (Å²) < 4.78 is 4.65. The van der Waals surface area contributed by atoms with Gasteiger partial charge >= 0.3 is 5.97 Å². The van der Waals surface area contributed by atoms with Gasteiger partial charge in [-0.15, -0.1) is 0 Å². The van der Waals surface area contributed by atoms with Crippen LogP contribution in [0.2, 0.25) is 0 Å². The summed E-state index contributed by atoms with van der Waals surface area (Å²) in [6.45, 7) is 5.20. The summed E-state index contributed by atoms with van der Waals surface area (Å²) in [4.78, 5) is 22.9. The van der Waals surface area contributed by atoms with E-state index in [1.807, 2.05) is 0 Å². The Morgan fingerprint density at radius 3 is 2.46 bits per heavy atom. The summed E-state index contributed by atoms with van der Waals surface area (Å²) >= 11 is 0. The highest BCUT2D eigenvalue weighted by atomic mass is 16.5. The summed E-state index contributed by atoms with van der Waals surface area (Å²) in [6.07, 6.45) is 2.13. The van der Waals surface area contributed by atoms with E-state index in [-0.39, 0.29) is 5.78 Å². The number of carbonyl (C=O) groups is 2. The van der Waals surface area contributed by atoms with Gasteiger partial charge in [-0.2, -0.15) is 0 Å². The van der Waals surface area contributed by atoms with Gasteiger partial charge < -0.3 is 4.74 Å². The van der Waals surface area contributed by atoms with Crippen LogP contribution in [0.4, 0.5) is 0 Å². The minimum atomic E-state index is -1.03. The average molecular weight is 182 g/mol. The molecule has 0 heterocycles. The van der Waals surface area contributed by atoms with Crippen molar-refractivity contribution >= 4 is 11.8 Å². The topological polar surface area (TPSA) is 43.4 Å². The number of ketones is 1. The van der Waals surface area contributed by atoms with Crippen LogP contribution in [-0.4, -0.2) is 18.9 Å². The lowest BCUT2D eigenvalue weighted by Crippen LogP contribution is -2.37. The van der Waals surface area contributed by atoms with Crippen molar-refractivity contribution in [3.63, 3.8) is 0 Å². The van der Waals surface area contributed by atoms with Gasteiger partial charge in [0.25, 0.3) is 0 Å². The fraction of sp³-hybridized carbons (Fsp3) is 0.600. The van der Waals surface area contributed by atoms with Crippen LogP contribution in [-0.2, 0) is 14.3 Å². The lowest BCUT2D eigenvalue weighted by molar-refractivity contribution is -0.154. The Labute approximate surface area is 77.8 Å². The molecule has 0 aromatic rings. The minimum absolute atomic E-state index is 0.151. The molecule has 1 aliphatic rings. The van der Waals surface area contributed by atoms with E-state index >= 15 is 0 Å². The van der Waals surface area contributed by atoms with Crippen LogP contribution in [0, 0.1) is 5.41 Å². The smallest absolute Gasteiger partial charge is 0.323 e. The van der Waals surface area contributed by atoms with Crippen molar-refractivity contribution in [3.05, 3.63) is 12.2 Å². The fourth-order valence-electron chi connectivity index (χ4n) is 1.95. The van der Waals surface area contributed by atoms with Gasteiger partial charge in [0.1, 0.15) is 5.41 Å². The molecule has 1 atom stereocenters. The summed E-state index contributed by atoms with van der Waals surface area (Å²) in [5.41, 5.74) is -0.332. The van der Waals surface area contributed by atoms with Gasteiger partial charge in [0.05, 0.1) is 7.11 Å². The van der Waals surface area contributed by atoms with Crippen molar-refractivity contribution in [3.8, 4) is 0 Å². The molecule has 3 heteroatoms. The van der Waals surface area contributed by atoms with Crippen molar-refractivity contribution in [1.29, 1.82) is 0 Å². The van der Waals surface area contributed by atoms with Crippen LogP contribution < -0.4 is 0 Å². The first kappa shape index (κ1) is 9.96. The van der Waals surface area contributed by atoms with Gasteiger partial charge in [0.15, 0.2) is 5.78 Å². The first-order valence-electron chi connectivity index (χ1n) is 4.33. The summed E-state index contributed by atoms with van der Waals surface area (Å²) in [5.74, 6) is -0.607. The number of hydrogen-bond acceptors (Lipinski definition) is 3. The molecule has 0 N–H and O–H groups in total. The third kappa shape index (κ3) is 1.28. The zero-order chi connectivity index (χ0) is 10.1. The third-order valence-corrected chi connectivity index (χ3v) is 2.77. The van der Waals surface area contributed by atoms with E-state index < -0.39 is 11.4 Å². The second kappa shape index (κ2) is 3.32. The van der Waals surface area contributed by atoms with Crippen LogP contribution in [0.5, 0.6) is 0 Å². The summed E-state index contributed by atoms with van der Waals surface area (Å²) in [5, 5.41) is 0. The molecule has 0 unspecified atom stereocenters. The van der Waals surface area contributed by atoms with E-state index in [0.717, 1.165) is 12.8 Å². The number of methoxy groups -OCH3 is 1. The van der Waals surface area contributed by atoms with Crippen LogP contribution >= 0.6 is 0 Å². The average Bonchev–Trinajstić information content (AvgIpc) is 2.47. The Hall–Kier alpha value is -1.12. The predicted molar refractivity (Wildman–Crippen MR) is 48.1 cm³/mol. The van der Waals surface area contributed by atoms with Gasteiger partial charge in [-0.25, -0.2) is 0 Å². The van der Waals surface area contributed by atoms with Gasteiger partial charge in [-0.1, -0.05) is 12.2 Å². The monoisotopic (exact) mass is 182 g/mol. The van der Waals surface area contributed by atoms with E-state index in [1.54, 1.807) is 0 Å². The first-order chi connectivity index (χ1) is 6.05. The Kier molecular flexibility index (Phi) is 2.55. The predicted octanol–water partition coefficient (Wildman–Crippen LogP) is 1.47. The number of carbonyl (C=O) groups excluding carboxylic acids is 2. The van der Waals surface area contributed by atoms with Crippen molar-refractivity contribution in [2.45, 2.75) is 26.2 Å². The molecular weight excluding hydrogens is 168 g/mol. The number of ether oxygens (including phenoxy) is 1. The Bertz CT molecular complexity index is 267. The van der Waals surface area contributed by atoms with Crippen LogP contribution in [0.15, 0.2) is 12.2 Å². The second-order valence-corrected chi connectivity index (χ2v) is 3.41. The van der Waals surface area contributed by atoms with Gasteiger partial charge in [0, 0.05) is 0 Å². The SMILES string of the molecule is C=C1CCC[C@@]1(C(C)=O)C(=O)OC.